The van der Waals surface area contributed by atoms with E-state index in [1.165, 1.54) is 0 Å². The lowest BCUT2D eigenvalue weighted by atomic mass is 9.76. The summed E-state index contributed by atoms with van der Waals surface area (Å²) in [6.07, 6.45) is 3.49. The van der Waals surface area contributed by atoms with Gasteiger partial charge in [-0.05, 0) is 30.9 Å². The minimum atomic E-state index is -3.41. The molecule has 1 heterocycles. The summed E-state index contributed by atoms with van der Waals surface area (Å²) in [7, 11) is -3.41. The summed E-state index contributed by atoms with van der Waals surface area (Å²) < 4.78 is 24.2. The quantitative estimate of drug-likeness (QED) is 0.660. The van der Waals surface area contributed by atoms with Crippen LogP contribution in [0.1, 0.15) is 24.6 Å². The maximum atomic E-state index is 11.9. The van der Waals surface area contributed by atoms with Crippen molar-refractivity contribution in [3.63, 3.8) is 0 Å². The Morgan fingerprint density at radius 1 is 1.48 bits per heavy atom. The number of nitrogens with zero attached hydrogens (tertiary/aromatic N) is 1. The van der Waals surface area contributed by atoms with Crippen molar-refractivity contribution >= 4 is 15.9 Å². The first-order chi connectivity index (χ1) is 9.85. The third-order valence-corrected chi connectivity index (χ3v) is 4.11. The van der Waals surface area contributed by atoms with Gasteiger partial charge in [0.25, 0.3) is 0 Å². The lowest BCUT2D eigenvalue weighted by molar-refractivity contribution is -0.122. The largest absolute Gasteiger partial charge is 0.393 e. The molecule has 1 aromatic heterocycles. The number of pyridine rings is 1. The molecule has 1 atom stereocenters. The average molecular weight is 313 g/mol. The van der Waals surface area contributed by atoms with Crippen molar-refractivity contribution < 1.29 is 18.3 Å². The molecule has 1 amide bonds. The first-order valence-electron chi connectivity index (χ1n) is 6.68. The molecule has 1 aliphatic rings. The topological polar surface area (TPSA) is 108 Å². The number of hydrogen-bond acceptors (Lipinski definition) is 5. The zero-order chi connectivity index (χ0) is 15.5. The Hall–Kier alpha value is -1.51. The van der Waals surface area contributed by atoms with Gasteiger partial charge in [0.05, 0.1) is 30.6 Å². The zero-order valence-corrected chi connectivity index (χ0v) is 12.5. The molecule has 21 heavy (non-hydrogen) atoms. The van der Waals surface area contributed by atoms with Crippen LogP contribution in [0.3, 0.4) is 0 Å². The van der Waals surface area contributed by atoms with Crippen molar-refractivity contribution in [2.24, 2.45) is 5.92 Å². The van der Waals surface area contributed by atoms with Crippen LogP contribution in [0.2, 0.25) is 0 Å². The van der Waals surface area contributed by atoms with Gasteiger partial charge in [-0.1, -0.05) is 6.07 Å². The van der Waals surface area contributed by atoms with Crippen molar-refractivity contribution in [3.05, 3.63) is 30.1 Å². The molecule has 0 saturated heterocycles. The Balaban J connectivity index is 2.01. The summed E-state index contributed by atoms with van der Waals surface area (Å²) in [5.41, 5.74) is 0.710. The van der Waals surface area contributed by atoms with E-state index in [-0.39, 0.29) is 24.6 Å². The van der Waals surface area contributed by atoms with Gasteiger partial charge in [-0.2, -0.15) is 0 Å². The number of carbonyl (C=O) groups excluding carboxylic acids is 1. The summed E-state index contributed by atoms with van der Waals surface area (Å²) in [6, 6.07) is 5.09. The van der Waals surface area contributed by atoms with Gasteiger partial charge < -0.3 is 10.4 Å². The maximum absolute atomic E-state index is 11.9. The highest BCUT2D eigenvalue weighted by atomic mass is 32.2. The van der Waals surface area contributed by atoms with Gasteiger partial charge in [0.1, 0.15) is 0 Å². The molecule has 1 fully saturated rings. The first kappa shape index (κ1) is 15.9. The minimum Gasteiger partial charge on any atom is -0.393 e. The first-order valence-corrected chi connectivity index (χ1v) is 8.57. The van der Waals surface area contributed by atoms with Gasteiger partial charge in [0, 0.05) is 6.20 Å². The summed E-state index contributed by atoms with van der Waals surface area (Å²) in [5.74, 6) is -0.311. The Morgan fingerprint density at radius 2 is 2.19 bits per heavy atom. The second-order valence-corrected chi connectivity index (χ2v) is 7.11. The second-order valence-electron chi connectivity index (χ2n) is 5.28. The molecule has 0 radical (unpaired) electrons. The molecule has 8 heteroatoms. The van der Waals surface area contributed by atoms with Crippen LogP contribution in [0.4, 0.5) is 0 Å². The third kappa shape index (κ3) is 4.76. The Kier molecular flexibility index (Phi) is 4.92. The number of amides is 1. The molecule has 0 bridgehead atoms. The van der Waals surface area contributed by atoms with E-state index in [9.17, 15) is 18.3 Å². The molecule has 2 rings (SSSR count). The van der Waals surface area contributed by atoms with E-state index >= 15 is 0 Å². The van der Waals surface area contributed by atoms with E-state index in [4.69, 9.17) is 0 Å². The average Bonchev–Trinajstić information content (AvgIpc) is 2.40. The molecule has 0 aliphatic heterocycles. The number of nitrogens with one attached hydrogen (secondary N) is 2. The molecule has 0 aromatic carbocycles. The SMILES string of the molecule is CS(=O)(=O)NCC(=O)N[C@@H](c1ccccn1)C1CC(O)C1. The van der Waals surface area contributed by atoms with Crippen LogP contribution in [-0.4, -0.2) is 43.3 Å². The summed E-state index contributed by atoms with van der Waals surface area (Å²) in [6.45, 7) is -0.308. The molecular weight excluding hydrogens is 294 g/mol. The lowest BCUT2D eigenvalue weighted by Gasteiger charge is -2.37. The Labute approximate surface area is 123 Å². The number of aliphatic hydroxyl groups is 1. The fraction of sp³-hybridized carbons (Fsp3) is 0.538. The molecule has 0 spiro atoms. The van der Waals surface area contributed by atoms with Crippen molar-refractivity contribution in [1.82, 2.24) is 15.0 Å². The summed E-state index contributed by atoms with van der Waals surface area (Å²) in [4.78, 5) is 16.1. The fourth-order valence-electron chi connectivity index (χ4n) is 2.32. The molecule has 1 aliphatic carbocycles. The van der Waals surface area contributed by atoms with Gasteiger partial charge in [-0.3, -0.25) is 9.78 Å². The van der Waals surface area contributed by atoms with Crippen molar-refractivity contribution in [3.8, 4) is 0 Å². The van der Waals surface area contributed by atoms with E-state index in [1.54, 1.807) is 18.3 Å². The molecular formula is C13H19N3O4S. The van der Waals surface area contributed by atoms with Crippen molar-refractivity contribution in [1.29, 1.82) is 0 Å². The molecule has 116 valence electrons. The predicted octanol–water partition coefficient (Wildman–Crippen LogP) is -0.441. The second kappa shape index (κ2) is 6.50. The highest BCUT2D eigenvalue weighted by Gasteiger charge is 2.36. The standard InChI is InChI=1S/C13H19N3O4S/c1-21(19,20)15-8-12(18)16-13(9-6-10(17)7-9)11-4-2-3-5-14-11/h2-5,9-10,13,15,17H,6-8H2,1H3,(H,16,18)/t9?,10?,13-/m1/s1. The zero-order valence-electron chi connectivity index (χ0n) is 11.7. The summed E-state index contributed by atoms with van der Waals surface area (Å²) >= 11 is 0. The van der Waals surface area contributed by atoms with Crippen LogP contribution in [-0.2, 0) is 14.8 Å². The van der Waals surface area contributed by atoms with E-state index in [2.05, 4.69) is 15.0 Å². The lowest BCUT2D eigenvalue weighted by Crippen LogP contribution is -2.44. The van der Waals surface area contributed by atoms with Crippen LogP contribution >= 0.6 is 0 Å². The van der Waals surface area contributed by atoms with E-state index in [1.807, 2.05) is 6.07 Å². The Bertz CT molecular complexity index is 585. The minimum absolute atomic E-state index is 0.108. The molecule has 1 saturated carbocycles. The predicted molar refractivity (Wildman–Crippen MR) is 76.7 cm³/mol. The van der Waals surface area contributed by atoms with Gasteiger partial charge in [0.15, 0.2) is 0 Å². The van der Waals surface area contributed by atoms with Gasteiger partial charge in [-0.25, -0.2) is 13.1 Å². The molecule has 3 N–H and O–H groups in total. The smallest absolute Gasteiger partial charge is 0.235 e. The van der Waals surface area contributed by atoms with Crippen LogP contribution < -0.4 is 10.0 Å². The van der Waals surface area contributed by atoms with Crippen LogP contribution in [0.15, 0.2) is 24.4 Å². The van der Waals surface area contributed by atoms with Crippen molar-refractivity contribution in [2.45, 2.75) is 25.0 Å². The molecule has 0 unspecified atom stereocenters. The number of carbonyl (C=O) groups is 1. The summed E-state index contributed by atoms with van der Waals surface area (Å²) in [5, 5.41) is 12.2. The van der Waals surface area contributed by atoms with Gasteiger partial charge >= 0.3 is 0 Å². The normalized spacial score (nSPS) is 23.1. The Morgan fingerprint density at radius 3 is 2.71 bits per heavy atom. The van der Waals surface area contributed by atoms with Crippen molar-refractivity contribution in [2.75, 3.05) is 12.8 Å². The van der Waals surface area contributed by atoms with E-state index in [0.717, 1.165) is 6.26 Å². The van der Waals surface area contributed by atoms with Gasteiger partial charge in [-0.15, -0.1) is 0 Å². The number of sulfonamides is 1. The maximum Gasteiger partial charge on any atom is 0.235 e. The number of rotatable bonds is 6. The third-order valence-electron chi connectivity index (χ3n) is 3.44. The highest BCUT2D eigenvalue weighted by Crippen LogP contribution is 2.37. The van der Waals surface area contributed by atoms with E-state index in [0.29, 0.717) is 18.5 Å². The van der Waals surface area contributed by atoms with E-state index < -0.39 is 15.9 Å². The highest BCUT2D eigenvalue weighted by molar-refractivity contribution is 7.88. The monoisotopic (exact) mass is 313 g/mol. The number of hydrogen-bond donors (Lipinski definition) is 3. The molecule has 1 aromatic rings. The van der Waals surface area contributed by atoms with Crippen LogP contribution in [0.25, 0.3) is 0 Å². The molecule has 7 nitrogen and oxygen atoms in total. The van der Waals surface area contributed by atoms with Crippen LogP contribution in [0.5, 0.6) is 0 Å². The van der Waals surface area contributed by atoms with Crippen LogP contribution in [0, 0.1) is 5.92 Å². The fourth-order valence-corrected chi connectivity index (χ4v) is 2.71. The number of aromatic nitrogens is 1. The van der Waals surface area contributed by atoms with Gasteiger partial charge in [0.2, 0.25) is 15.9 Å². The number of aliphatic hydroxyl groups excluding tert-OH is 1.